The minimum absolute atomic E-state index is 0.0946. The van der Waals surface area contributed by atoms with Gasteiger partial charge in [0.2, 0.25) is 11.8 Å². The summed E-state index contributed by atoms with van der Waals surface area (Å²) < 4.78 is 5.24. The number of nitrogens with one attached hydrogen (secondary N) is 2. The highest BCUT2D eigenvalue weighted by Gasteiger charge is 2.34. The van der Waals surface area contributed by atoms with E-state index in [9.17, 15) is 14.4 Å². The fourth-order valence-electron chi connectivity index (χ4n) is 2.93. The lowest BCUT2D eigenvalue weighted by atomic mass is 10.0. The fourth-order valence-corrected chi connectivity index (χ4v) is 2.93. The molecule has 0 radical (unpaired) electrons. The Hall–Kier alpha value is -2.83. The van der Waals surface area contributed by atoms with Gasteiger partial charge in [0, 0.05) is 12.6 Å². The molecule has 1 aromatic rings. The summed E-state index contributed by atoms with van der Waals surface area (Å²) in [5.74, 6) is -0.707. The maximum Gasteiger partial charge on any atom is 0.408 e. The van der Waals surface area contributed by atoms with Crippen molar-refractivity contribution in [2.45, 2.75) is 72.2 Å². The van der Waals surface area contributed by atoms with E-state index in [0.717, 1.165) is 5.56 Å². The summed E-state index contributed by atoms with van der Waals surface area (Å²) in [5, 5.41) is 5.44. The molecule has 0 aliphatic rings. The van der Waals surface area contributed by atoms with Crippen molar-refractivity contribution in [1.29, 1.82) is 0 Å². The minimum Gasteiger partial charge on any atom is -0.444 e. The Morgan fingerprint density at radius 1 is 1.17 bits per heavy atom. The molecule has 0 spiro atoms. The monoisotopic (exact) mass is 417 g/mol. The number of carbonyl (C=O) groups excluding carboxylic acids is 3. The van der Waals surface area contributed by atoms with Crippen LogP contribution in [0.15, 0.2) is 36.9 Å². The van der Waals surface area contributed by atoms with Crippen LogP contribution in [0.3, 0.4) is 0 Å². The molecule has 166 valence electrons. The van der Waals surface area contributed by atoms with Gasteiger partial charge in [0.1, 0.15) is 17.7 Å². The third-order valence-corrected chi connectivity index (χ3v) is 4.06. The van der Waals surface area contributed by atoms with Crippen molar-refractivity contribution < 1.29 is 19.1 Å². The second-order valence-corrected chi connectivity index (χ2v) is 8.63. The molecule has 0 bridgehead atoms. The quantitative estimate of drug-likeness (QED) is 0.634. The molecule has 2 N–H and O–H groups in total. The molecule has 0 fully saturated rings. The molecule has 0 heterocycles. The number of alkyl carbamates (subject to hydrolysis) is 1. The van der Waals surface area contributed by atoms with Crippen LogP contribution in [-0.4, -0.2) is 47.0 Å². The summed E-state index contributed by atoms with van der Waals surface area (Å²) in [6.07, 6.45) is 0.865. The van der Waals surface area contributed by atoms with Crippen LogP contribution in [0.25, 0.3) is 0 Å². The van der Waals surface area contributed by atoms with Crippen LogP contribution in [0.1, 0.15) is 58.7 Å². The van der Waals surface area contributed by atoms with Crippen LogP contribution >= 0.6 is 0 Å². The van der Waals surface area contributed by atoms with Gasteiger partial charge in [0.25, 0.3) is 0 Å². The summed E-state index contributed by atoms with van der Waals surface area (Å²) in [6.45, 7) is 16.3. The molecule has 2 atom stereocenters. The van der Waals surface area contributed by atoms with Crippen LogP contribution in [-0.2, 0) is 14.3 Å². The van der Waals surface area contributed by atoms with E-state index >= 15 is 0 Å². The van der Waals surface area contributed by atoms with Crippen molar-refractivity contribution >= 4 is 17.9 Å². The maximum absolute atomic E-state index is 13.3. The van der Waals surface area contributed by atoms with Crippen molar-refractivity contribution in [1.82, 2.24) is 15.5 Å². The average molecular weight is 418 g/mol. The predicted molar refractivity (Wildman–Crippen MR) is 118 cm³/mol. The first-order valence-electron chi connectivity index (χ1n) is 10.1. The van der Waals surface area contributed by atoms with Gasteiger partial charge >= 0.3 is 6.09 Å². The molecule has 1 aromatic carbocycles. The van der Waals surface area contributed by atoms with Crippen molar-refractivity contribution in [3.8, 4) is 0 Å². The van der Waals surface area contributed by atoms with Gasteiger partial charge in [-0.05, 0) is 54.0 Å². The van der Waals surface area contributed by atoms with Crippen LogP contribution in [0.5, 0.6) is 0 Å². The zero-order chi connectivity index (χ0) is 23.1. The second-order valence-electron chi connectivity index (χ2n) is 8.63. The van der Waals surface area contributed by atoms with Crippen LogP contribution in [0.2, 0.25) is 0 Å². The zero-order valence-corrected chi connectivity index (χ0v) is 19.1. The van der Waals surface area contributed by atoms with Crippen LogP contribution in [0.4, 0.5) is 4.79 Å². The Balaban J connectivity index is 3.23. The van der Waals surface area contributed by atoms with Crippen molar-refractivity contribution in [3.05, 3.63) is 48.0 Å². The number of hydrogen-bond acceptors (Lipinski definition) is 4. The summed E-state index contributed by atoms with van der Waals surface area (Å²) >= 11 is 0. The number of nitrogens with zero attached hydrogens (tertiary/aromatic N) is 1. The molecule has 3 amide bonds. The average Bonchev–Trinajstić information content (AvgIpc) is 2.58. The van der Waals surface area contributed by atoms with Crippen molar-refractivity contribution in [2.75, 3.05) is 6.54 Å². The molecule has 0 aliphatic heterocycles. The third kappa shape index (κ3) is 7.89. The predicted octanol–water partition coefficient (Wildman–Crippen LogP) is 3.49. The molecule has 7 heteroatoms. The Kier molecular flexibility index (Phi) is 9.08. The normalized spacial score (nSPS) is 13.2. The Morgan fingerprint density at radius 2 is 1.80 bits per heavy atom. The van der Waals surface area contributed by atoms with E-state index in [4.69, 9.17) is 4.74 Å². The van der Waals surface area contributed by atoms with Gasteiger partial charge in [0.05, 0.1) is 0 Å². The van der Waals surface area contributed by atoms with Gasteiger partial charge in [-0.15, -0.1) is 6.58 Å². The number of benzene rings is 1. The van der Waals surface area contributed by atoms with Crippen molar-refractivity contribution in [2.24, 2.45) is 0 Å². The summed E-state index contributed by atoms with van der Waals surface area (Å²) in [4.78, 5) is 39.9. The molecule has 0 aromatic heterocycles. The first kappa shape index (κ1) is 25.2. The van der Waals surface area contributed by atoms with Gasteiger partial charge < -0.3 is 20.3 Å². The van der Waals surface area contributed by atoms with Gasteiger partial charge in [-0.3, -0.25) is 9.59 Å². The van der Waals surface area contributed by atoms with E-state index in [1.165, 1.54) is 4.90 Å². The maximum atomic E-state index is 13.3. The highest BCUT2D eigenvalue weighted by Crippen LogP contribution is 2.23. The Labute approximate surface area is 179 Å². The summed E-state index contributed by atoms with van der Waals surface area (Å²) in [6, 6.07) is 5.61. The Morgan fingerprint density at radius 3 is 2.30 bits per heavy atom. The van der Waals surface area contributed by atoms with Gasteiger partial charge in [0.15, 0.2) is 0 Å². The SMILES string of the molecule is C=CCN(C(=O)C(C)NC(=O)OC(C)(C)C)C(C(=O)NC(C)C)c1cccc(C)c1. The van der Waals surface area contributed by atoms with Gasteiger partial charge in [-0.25, -0.2) is 4.79 Å². The molecule has 2 unspecified atom stereocenters. The van der Waals surface area contributed by atoms with Gasteiger partial charge in [-0.2, -0.15) is 0 Å². The van der Waals surface area contributed by atoms with E-state index < -0.39 is 29.7 Å². The molecule has 30 heavy (non-hydrogen) atoms. The standard InChI is InChI=1S/C23H35N3O4/c1-9-13-26(21(28)17(5)25-22(29)30-23(6,7)8)19(20(27)24-15(2)3)18-12-10-11-16(4)14-18/h9-12,14-15,17,19H,1,13H2,2-8H3,(H,24,27)(H,25,29). The molecule has 0 saturated carbocycles. The van der Waals surface area contributed by atoms with E-state index in [1.807, 2.05) is 45.0 Å². The molecular weight excluding hydrogens is 382 g/mol. The lowest BCUT2D eigenvalue weighted by Gasteiger charge is -2.33. The highest BCUT2D eigenvalue weighted by atomic mass is 16.6. The smallest absolute Gasteiger partial charge is 0.408 e. The number of ether oxygens (including phenoxy) is 1. The molecular formula is C23H35N3O4. The molecule has 7 nitrogen and oxygen atoms in total. The van der Waals surface area contributed by atoms with E-state index in [2.05, 4.69) is 17.2 Å². The van der Waals surface area contributed by atoms with Crippen LogP contribution in [0, 0.1) is 6.92 Å². The van der Waals surface area contributed by atoms with E-state index in [0.29, 0.717) is 5.56 Å². The first-order valence-corrected chi connectivity index (χ1v) is 10.1. The van der Waals surface area contributed by atoms with E-state index in [-0.39, 0.29) is 18.5 Å². The lowest BCUT2D eigenvalue weighted by Crippen LogP contribution is -2.52. The number of rotatable bonds is 8. The van der Waals surface area contributed by atoms with E-state index in [1.54, 1.807) is 33.8 Å². The lowest BCUT2D eigenvalue weighted by molar-refractivity contribution is -0.141. The Bertz CT molecular complexity index is 768. The first-order chi connectivity index (χ1) is 13.9. The summed E-state index contributed by atoms with van der Waals surface area (Å²) in [5.41, 5.74) is 0.975. The number of carbonyl (C=O) groups is 3. The second kappa shape index (κ2) is 10.8. The zero-order valence-electron chi connectivity index (χ0n) is 19.1. The highest BCUT2D eigenvalue weighted by molar-refractivity contribution is 5.92. The van der Waals surface area contributed by atoms with Crippen molar-refractivity contribution in [3.63, 3.8) is 0 Å². The largest absolute Gasteiger partial charge is 0.444 e. The minimum atomic E-state index is -0.890. The van der Waals surface area contributed by atoms with Gasteiger partial charge in [-0.1, -0.05) is 35.9 Å². The summed E-state index contributed by atoms with van der Waals surface area (Å²) in [7, 11) is 0. The fraction of sp³-hybridized carbons (Fsp3) is 0.522. The molecule has 0 saturated heterocycles. The number of aryl methyl sites for hydroxylation is 1. The third-order valence-electron chi connectivity index (χ3n) is 4.06. The number of amides is 3. The molecule has 1 rings (SSSR count). The van der Waals surface area contributed by atoms with Crippen LogP contribution < -0.4 is 10.6 Å². The number of hydrogen-bond donors (Lipinski definition) is 2. The molecule has 0 aliphatic carbocycles. The topological polar surface area (TPSA) is 87.7 Å².